The van der Waals surface area contributed by atoms with Gasteiger partial charge in [-0.2, -0.15) is 0 Å². The molecule has 2 heterocycles. The first-order valence-corrected chi connectivity index (χ1v) is 8.05. The standard InChI is InChI=1S/C19H22N2O/c1-22-18-9-5-8-15-17-12-20-10-11-21(17)13-16(19(15)18)14-6-3-2-4-7-14/h2-9,16-17,20H,10-13H2,1H3/t16-,17+/m0/s1. The summed E-state index contributed by atoms with van der Waals surface area (Å²) >= 11 is 0. The van der Waals surface area contributed by atoms with Gasteiger partial charge in [0.15, 0.2) is 0 Å². The maximum atomic E-state index is 5.71. The van der Waals surface area contributed by atoms with Crippen molar-refractivity contribution in [1.29, 1.82) is 0 Å². The zero-order chi connectivity index (χ0) is 14.9. The highest BCUT2D eigenvalue weighted by atomic mass is 16.5. The molecular weight excluding hydrogens is 272 g/mol. The number of ether oxygens (including phenoxy) is 1. The molecule has 0 aromatic heterocycles. The van der Waals surface area contributed by atoms with Crippen LogP contribution in [0.5, 0.6) is 5.75 Å². The fraction of sp³-hybridized carbons (Fsp3) is 0.368. The molecular formula is C19H22N2O. The molecule has 1 fully saturated rings. The Morgan fingerprint density at radius 1 is 1.09 bits per heavy atom. The number of hydrogen-bond donors (Lipinski definition) is 1. The van der Waals surface area contributed by atoms with Gasteiger partial charge in [-0.05, 0) is 17.2 Å². The molecule has 114 valence electrons. The van der Waals surface area contributed by atoms with Gasteiger partial charge in [0, 0.05) is 43.7 Å². The van der Waals surface area contributed by atoms with Crippen LogP contribution in [0.1, 0.15) is 28.7 Å². The summed E-state index contributed by atoms with van der Waals surface area (Å²) in [5.74, 6) is 1.42. The van der Waals surface area contributed by atoms with Crippen LogP contribution in [-0.2, 0) is 0 Å². The summed E-state index contributed by atoms with van der Waals surface area (Å²) < 4.78 is 5.71. The number of methoxy groups -OCH3 is 1. The summed E-state index contributed by atoms with van der Waals surface area (Å²) in [6.45, 7) is 4.30. The summed E-state index contributed by atoms with van der Waals surface area (Å²) in [5.41, 5.74) is 4.18. The second kappa shape index (κ2) is 5.75. The number of rotatable bonds is 2. The molecule has 0 saturated carbocycles. The molecule has 3 heteroatoms. The average molecular weight is 294 g/mol. The van der Waals surface area contributed by atoms with Gasteiger partial charge in [0.1, 0.15) is 5.75 Å². The topological polar surface area (TPSA) is 24.5 Å². The monoisotopic (exact) mass is 294 g/mol. The predicted octanol–water partition coefficient (Wildman–Crippen LogP) is 2.79. The van der Waals surface area contributed by atoms with Crippen molar-refractivity contribution in [3.05, 3.63) is 65.2 Å². The first-order valence-electron chi connectivity index (χ1n) is 8.05. The normalized spacial score (nSPS) is 24.4. The van der Waals surface area contributed by atoms with Crippen LogP contribution in [-0.4, -0.2) is 38.2 Å². The molecule has 2 aromatic carbocycles. The lowest BCUT2D eigenvalue weighted by molar-refractivity contribution is 0.142. The van der Waals surface area contributed by atoms with E-state index in [-0.39, 0.29) is 0 Å². The van der Waals surface area contributed by atoms with Crippen molar-refractivity contribution in [1.82, 2.24) is 10.2 Å². The molecule has 0 amide bonds. The highest BCUT2D eigenvalue weighted by Crippen LogP contribution is 2.44. The highest BCUT2D eigenvalue weighted by molar-refractivity contribution is 5.50. The van der Waals surface area contributed by atoms with Crippen LogP contribution in [0.2, 0.25) is 0 Å². The first kappa shape index (κ1) is 13.8. The minimum atomic E-state index is 0.390. The largest absolute Gasteiger partial charge is 0.496 e. The van der Waals surface area contributed by atoms with Gasteiger partial charge in [0.2, 0.25) is 0 Å². The van der Waals surface area contributed by atoms with Crippen molar-refractivity contribution in [2.45, 2.75) is 12.0 Å². The van der Waals surface area contributed by atoms with Crippen LogP contribution in [0, 0.1) is 0 Å². The molecule has 2 aliphatic rings. The quantitative estimate of drug-likeness (QED) is 0.922. The van der Waals surface area contributed by atoms with Crippen molar-refractivity contribution in [3.63, 3.8) is 0 Å². The third-order valence-corrected chi connectivity index (χ3v) is 5.00. The molecule has 0 unspecified atom stereocenters. The molecule has 4 rings (SSSR count). The minimum absolute atomic E-state index is 0.390. The maximum Gasteiger partial charge on any atom is 0.123 e. The van der Waals surface area contributed by atoms with Gasteiger partial charge >= 0.3 is 0 Å². The summed E-state index contributed by atoms with van der Waals surface area (Å²) in [7, 11) is 1.78. The first-order chi connectivity index (χ1) is 10.9. The molecule has 2 atom stereocenters. The fourth-order valence-corrected chi connectivity index (χ4v) is 3.96. The number of piperazine rings is 1. The minimum Gasteiger partial charge on any atom is -0.496 e. The van der Waals surface area contributed by atoms with Crippen LogP contribution in [0.4, 0.5) is 0 Å². The second-order valence-corrected chi connectivity index (χ2v) is 6.14. The van der Waals surface area contributed by atoms with Crippen molar-refractivity contribution in [2.24, 2.45) is 0 Å². The lowest BCUT2D eigenvalue weighted by atomic mass is 9.80. The van der Waals surface area contributed by atoms with E-state index < -0.39 is 0 Å². The molecule has 2 aromatic rings. The molecule has 22 heavy (non-hydrogen) atoms. The van der Waals surface area contributed by atoms with Gasteiger partial charge < -0.3 is 10.1 Å². The zero-order valence-corrected chi connectivity index (χ0v) is 13.0. The molecule has 1 saturated heterocycles. The van der Waals surface area contributed by atoms with E-state index in [4.69, 9.17) is 4.74 Å². The summed E-state index contributed by atoms with van der Waals surface area (Å²) in [4.78, 5) is 2.62. The number of nitrogens with one attached hydrogen (secondary N) is 1. The molecule has 3 nitrogen and oxygen atoms in total. The Hall–Kier alpha value is -1.84. The predicted molar refractivity (Wildman–Crippen MR) is 88.5 cm³/mol. The highest BCUT2D eigenvalue weighted by Gasteiger charge is 2.36. The second-order valence-electron chi connectivity index (χ2n) is 6.14. The van der Waals surface area contributed by atoms with Gasteiger partial charge in [0.25, 0.3) is 0 Å². The Labute approximate surface area is 131 Å². The number of benzene rings is 2. The molecule has 0 aliphatic carbocycles. The average Bonchev–Trinajstić information content (AvgIpc) is 2.61. The van der Waals surface area contributed by atoms with E-state index in [1.807, 2.05) is 0 Å². The lowest BCUT2D eigenvalue weighted by Crippen LogP contribution is -2.50. The van der Waals surface area contributed by atoms with Crippen LogP contribution in [0.3, 0.4) is 0 Å². The fourth-order valence-electron chi connectivity index (χ4n) is 3.96. The van der Waals surface area contributed by atoms with Crippen LogP contribution in [0.25, 0.3) is 0 Å². The smallest absolute Gasteiger partial charge is 0.123 e. The van der Waals surface area contributed by atoms with E-state index in [0.29, 0.717) is 12.0 Å². The Kier molecular flexibility index (Phi) is 3.60. The Morgan fingerprint density at radius 2 is 1.95 bits per heavy atom. The van der Waals surface area contributed by atoms with Gasteiger partial charge in [-0.1, -0.05) is 42.5 Å². The zero-order valence-electron chi connectivity index (χ0n) is 13.0. The van der Waals surface area contributed by atoms with Gasteiger partial charge in [-0.3, -0.25) is 4.90 Å². The SMILES string of the molecule is COc1cccc2c1[C@H](c1ccccc1)CN1CCNC[C@H]21. The summed E-state index contributed by atoms with van der Waals surface area (Å²) in [5, 5.41) is 3.53. The van der Waals surface area contributed by atoms with E-state index in [1.165, 1.54) is 16.7 Å². The van der Waals surface area contributed by atoms with E-state index in [9.17, 15) is 0 Å². The van der Waals surface area contributed by atoms with Crippen molar-refractivity contribution >= 4 is 0 Å². The third-order valence-electron chi connectivity index (χ3n) is 5.00. The molecule has 1 N–H and O–H groups in total. The Balaban J connectivity index is 1.86. The molecule has 0 bridgehead atoms. The van der Waals surface area contributed by atoms with Crippen LogP contribution >= 0.6 is 0 Å². The maximum absolute atomic E-state index is 5.71. The number of fused-ring (bicyclic) bond motifs is 3. The summed E-state index contributed by atoms with van der Waals surface area (Å²) in [6, 6.07) is 17.8. The Morgan fingerprint density at radius 3 is 2.77 bits per heavy atom. The number of hydrogen-bond acceptors (Lipinski definition) is 3. The van der Waals surface area contributed by atoms with E-state index in [1.54, 1.807) is 7.11 Å². The van der Waals surface area contributed by atoms with Crippen molar-refractivity contribution in [2.75, 3.05) is 33.3 Å². The van der Waals surface area contributed by atoms with E-state index >= 15 is 0 Å². The van der Waals surface area contributed by atoms with E-state index in [2.05, 4.69) is 58.7 Å². The molecule has 0 spiro atoms. The lowest BCUT2D eigenvalue weighted by Gasteiger charge is -2.44. The third kappa shape index (κ3) is 2.21. The van der Waals surface area contributed by atoms with Crippen molar-refractivity contribution in [3.8, 4) is 5.75 Å². The van der Waals surface area contributed by atoms with E-state index in [0.717, 1.165) is 31.9 Å². The van der Waals surface area contributed by atoms with Gasteiger partial charge in [0.05, 0.1) is 7.11 Å². The Bertz CT molecular complexity index is 656. The van der Waals surface area contributed by atoms with Crippen molar-refractivity contribution < 1.29 is 4.74 Å². The number of nitrogens with zero attached hydrogens (tertiary/aromatic N) is 1. The summed E-state index contributed by atoms with van der Waals surface area (Å²) in [6.07, 6.45) is 0. The molecule has 2 aliphatic heterocycles. The van der Waals surface area contributed by atoms with Gasteiger partial charge in [-0.25, -0.2) is 0 Å². The van der Waals surface area contributed by atoms with Crippen LogP contribution in [0.15, 0.2) is 48.5 Å². The molecule has 0 radical (unpaired) electrons. The van der Waals surface area contributed by atoms with Crippen LogP contribution < -0.4 is 10.1 Å². The van der Waals surface area contributed by atoms with Gasteiger partial charge in [-0.15, -0.1) is 0 Å².